The van der Waals surface area contributed by atoms with Crippen molar-refractivity contribution in [3.8, 4) is 0 Å². The fourth-order valence-corrected chi connectivity index (χ4v) is 6.37. The number of thioether (sulfide) groups is 1. The highest BCUT2D eigenvalue weighted by atomic mass is 32.2. The summed E-state index contributed by atoms with van der Waals surface area (Å²) in [7, 11) is 0. The number of carbonyl (C=O) groups is 3. The molecular weight excluding hydrogens is 604 g/mol. The summed E-state index contributed by atoms with van der Waals surface area (Å²) in [6.45, 7) is 0.0239. The first kappa shape index (κ1) is 31.5. The second-order valence-electron chi connectivity index (χ2n) is 11.1. The maximum absolute atomic E-state index is 13.2. The Kier molecular flexibility index (Phi) is 10.1. The molecule has 6 rings (SSSR count). The van der Waals surface area contributed by atoms with Crippen LogP contribution >= 0.6 is 11.8 Å². The van der Waals surface area contributed by atoms with Crippen molar-refractivity contribution >= 4 is 35.4 Å². The summed E-state index contributed by atoms with van der Waals surface area (Å²) in [5, 5.41) is 12.0. The molecule has 46 heavy (non-hydrogen) atoms. The Morgan fingerprint density at radius 3 is 2.22 bits per heavy atom. The fourth-order valence-electron chi connectivity index (χ4n) is 5.43. The number of nitrogens with zero attached hydrogens (tertiary/aromatic N) is 1. The van der Waals surface area contributed by atoms with Crippen molar-refractivity contribution in [2.75, 3.05) is 10.7 Å². The molecule has 2 aliphatic rings. The zero-order chi connectivity index (χ0) is 31.9. The van der Waals surface area contributed by atoms with Gasteiger partial charge < -0.3 is 24.6 Å². The molecule has 0 bridgehead atoms. The van der Waals surface area contributed by atoms with E-state index in [4.69, 9.17) is 14.2 Å². The maximum atomic E-state index is 13.2. The molecule has 4 aromatic rings. The van der Waals surface area contributed by atoms with Crippen molar-refractivity contribution in [2.24, 2.45) is 0 Å². The molecule has 2 fully saturated rings. The normalized spacial score (nSPS) is 21.3. The van der Waals surface area contributed by atoms with Crippen molar-refractivity contribution in [3.63, 3.8) is 0 Å². The topological polar surface area (TPSA) is 114 Å². The third-order valence-electron chi connectivity index (χ3n) is 7.87. The summed E-state index contributed by atoms with van der Waals surface area (Å²) in [5.74, 6) is -0.212. The lowest BCUT2D eigenvalue weighted by Gasteiger charge is -2.36. The smallest absolute Gasteiger partial charge is 0.408 e. The number of nitrogens with one attached hydrogen (secondary N) is 1. The molecule has 4 aromatic carbocycles. The number of alkyl carbamates (subject to hydrolysis) is 1. The summed E-state index contributed by atoms with van der Waals surface area (Å²) < 4.78 is 18.1. The van der Waals surface area contributed by atoms with E-state index in [1.807, 2.05) is 72.8 Å². The average Bonchev–Trinajstić information content (AvgIpc) is 3.38. The van der Waals surface area contributed by atoms with Crippen LogP contribution in [0.25, 0.3) is 0 Å². The van der Waals surface area contributed by atoms with E-state index in [-0.39, 0.29) is 31.8 Å². The largest absolute Gasteiger partial charge is 0.445 e. The van der Waals surface area contributed by atoms with Gasteiger partial charge in [0.25, 0.3) is 5.91 Å². The van der Waals surface area contributed by atoms with Crippen LogP contribution < -0.4 is 10.2 Å². The minimum atomic E-state index is -1.01. The molecule has 2 aliphatic heterocycles. The second kappa shape index (κ2) is 14.7. The van der Waals surface area contributed by atoms with Crippen LogP contribution in [-0.2, 0) is 37.0 Å². The monoisotopic (exact) mass is 638 g/mol. The number of benzene rings is 4. The van der Waals surface area contributed by atoms with Crippen LogP contribution in [0.1, 0.15) is 47.5 Å². The minimum Gasteiger partial charge on any atom is -0.445 e. The van der Waals surface area contributed by atoms with Crippen LogP contribution in [0.5, 0.6) is 0 Å². The quantitative estimate of drug-likeness (QED) is 0.159. The van der Waals surface area contributed by atoms with E-state index in [0.29, 0.717) is 12.1 Å². The maximum Gasteiger partial charge on any atom is 0.408 e. The molecule has 0 radical (unpaired) electrons. The molecular formula is C36H34N2O7S. The Morgan fingerprint density at radius 1 is 0.848 bits per heavy atom. The number of amides is 3. The first-order valence-electron chi connectivity index (χ1n) is 15.1. The molecule has 9 nitrogen and oxygen atoms in total. The van der Waals surface area contributed by atoms with E-state index < -0.39 is 30.2 Å². The highest BCUT2D eigenvalue weighted by Crippen LogP contribution is 2.40. The standard InChI is InChI=1S/C36H34N2O7S/c39-21-24-11-13-26(14-12-24)32-19-29(23-46-30-9-5-2-6-10-30)44-35(45-32)27-15-17-28(18-16-27)38-33(40)20-31(34(38)41)37-36(42)43-22-25-7-3-1-4-8-25/h1-18,29,31-32,35,39H,19-23H2,(H,37,42). The fraction of sp³-hybridized carbons (Fsp3) is 0.250. The summed E-state index contributed by atoms with van der Waals surface area (Å²) in [4.78, 5) is 40.6. The Labute approximate surface area is 271 Å². The molecule has 3 amide bonds. The van der Waals surface area contributed by atoms with Crippen molar-refractivity contribution in [2.45, 2.75) is 55.5 Å². The van der Waals surface area contributed by atoms with E-state index in [1.165, 1.54) is 0 Å². The number of imide groups is 1. The van der Waals surface area contributed by atoms with Gasteiger partial charge in [-0.05, 0) is 41.0 Å². The third-order valence-corrected chi connectivity index (χ3v) is 9.01. The van der Waals surface area contributed by atoms with Crippen molar-refractivity contribution < 1.29 is 33.7 Å². The van der Waals surface area contributed by atoms with E-state index in [9.17, 15) is 19.5 Å². The molecule has 0 aliphatic carbocycles. The minimum absolute atomic E-state index is 0.0304. The zero-order valence-electron chi connectivity index (χ0n) is 25.0. The lowest BCUT2D eigenvalue weighted by Crippen LogP contribution is -2.42. The van der Waals surface area contributed by atoms with Gasteiger partial charge in [-0.15, -0.1) is 11.8 Å². The van der Waals surface area contributed by atoms with Crippen LogP contribution in [-0.4, -0.2) is 40.9 Å². The Bertz CT molecular complexity index is 1630. The Morgan fingerprint density at radius 2 is 1.52 bits per heavy atom. The number of hydrogen-bond donors (Lipinski definition) is 2. The van der Waals surface area contributed by atoms with Gasteiger partial charge in [-0.3, -0.25) is 9.59 Å². The molecule has 2 N–H and O–H groups in total. The SMILES string of the molecule is O=C(NC1CC(=O)N(c2ccc(C3OC(CSc4ccccc4)CC(c4ccc(CO)cc4)O3)cc2)C1=O)OCc1ccccc1. The van der Waals surface area contributed by atoms with Gasteiger partial charge in [-0.2, -0.15) is 0 Å². The van der Waals surface area contributed by atoms with Crippen LogP contribution in [0.3, 0.4) is 0 Å². The Hall–Kier alpha value is -4.48. The number of aliphatic hydroxyl groups is 1. The van der Waals surface area contributed by atoms with E-state index in [0.717, 1.165) is 37.8 Å². The predicted octanol–water partition coefficient (Wildman–Crippen LogP) is 6.07. The lowest BCUT2D eigenvalue weighted by atomic mass is 10.0. The number of anilines is 1. The first-order valence-corrected chi connectivity index (χ1v) is 16.1. The summed E-state index contributed by atoms with van der Waals surface area (Å²) >= 11 is 1.72. The van der Waals surface area contributed by atoms with Crippen LogP contribution in [0.2, 0.25) is 0 Å². The van der Waals surface area contributed by atoms with Gasteiger partial charge in [0.1, 0.15) is 12.6 Å². The van der Waals surface area contributed by atoms with E-state index in [2.05, 4.69) is 17.4 Å². The highest BCUT2D eigenvalue weighted by Gasteiger charge is 2.41. The van der Waals surface area contributed by atoms with E-state index in [1.54, 1.807) is 36.0 Å². The van der Waals surface area contributed by atoms with Crippen LogP contribution in [0, 0.1) is 0 Å². The van der Waals surface area contributed by atoms with Gasteiger partial charge in [0, 0.05) is 22.6 Å². The Balaban J connectivity index is 1.12. The number of aliphatic hydroxyl groups excluding tert-OH is 1. The van der Waals surface area contributed by atoms with Gasteiger partial charge in [0.15, 0.2) is 6.29 Å². The highest BCUT2D eigenvalue weighted by molar-refractivity contribution is 7.99. The lowest BCUT2D eigenvalue weighted by molar-refractivity contribution is -0.245. The zero-order valence-corrected chi connectivity index (χ0v) is 25.8. The molecule has 0 saturated carbocycles. The molecule has 0 aromatic heterocycles. The summed E-state index contributed by atoms with van der Waals surface area (Å²) in [6, 6.07) is 33.0. The van der Waals surface area contributed by atoms with E-state index >= 15 is 0 Å². The molecule has 10 heteroatoms. The molecule has 4 atom stereocenters. The van der Waals surface area contributed by atoms with Gasteiger partial charge in [-0.1, -0.05) is 84.9 Å². The van der Waals surface area contributed by atoms with Crippen LogP contribution in [0.15, 0.2) is 114 Å². The number of rotatable bonds is 10. The molecule has 2 saturated heterocycles. The van der Waals surface area contributed by atoms with Crippen molar-refractivity contribution in [3.05, 3.63) is 131 Å². The first-order chi connectivity index (χ1) is 22.5. The average molecular weight is 639 g/mol. The number of hydrogen-bond acceptors (Lipinski definition) is 8. The number of carbonyl (C=O) groups excluding carboxylic acids is 3. The third kappa shape index (κ3) is 7.66. The molecule has 0 spiro atoms. The van der Waals surface area contributed by atoms with Gasteiger partial charge >= 0.3 is 6.09 Å². The molecule has 236 valence electrons. The summed E-state index contributed by atoms with van der Waals surface area (Å²) in [5.41, 5.74) is 3.76. The van der Waals surface area contributed by atoms with Crippen molar-refractivity contribution in [1.29, 1.82) is 0 Å². The van der Waals surface area contributed by atoms with Crippen molar-refractivity contribution in [1.82, 2.24) is 5.32 Å². The predicted molar refractivity (Wildman–Crippen MR) is 173 cm³/mol. The molecule has 4 unspecified atom stereocenters. The van der Waals surface area contributed by atoms with Gasteiger partial charge in [0.05, 0.1) is 30.9 Å². The van der Waals surface area contributed by atoms with Crippen LogP contribution in [0.4, 0.5) is 10.5 Å². The van der Waals surface area contributed by atoms with Gasteiger partial charge in [0.2, 0.25) is 5.91 Å². The van der Waals surface area contributed by atoms with Gasteiger partial charge in [-0.25, -0.2) is 9.69 Å². The number of ether oxygens (including phenoxy) is 3. The second-order valence-corrected chi connectivity index (χ2v) is 12.2. The summed E-state index contributed by atoms with van der Waals surface area (Å²) in [6.07, 6.45) is -1.28. The molecule has 2 heterocycles.